The molecule has 5 rings (SSSR count). The number of carbonyl (C=O) groups is 2. The van der Waals surface area contributed by atoms with Gasteiger partial charge >= 0.3 is 0 Å². The number of hydrogen-bond acceptors (Lipinski definition) is 7. The zero-order valence-corrected chi connectivity index (χ0v) is 19.0. The van der Waals surface area contributed by atoms with Gasteiger partial charge in [-0.1, -0.05) is 18.2 Å². The number of nitrogens with one attached hydrogen (secondary N) is 2. The second-order valence-corrected chi connectivity index (χ2v) is 7.65. The maximum Gasteiger partial charge on any atom is 0.262 e. The van der Waals surface area contributed by atoms with Gasteiger partial charge in [0.15, 0.2) is 18.1 Å². The number of hydrogen-bond donors (Lipinski definition) is 2. The molecule has 0 saturated carbocycles. The van der Waals surface area contributed by atoms with Crippen LogP contribution >= 0.6 is 0 Å². The van der Waals surface area contributed by atoms with Crippen LogP contribution in [0.15, 0.2) is 91.1 Å². The molecule has 2 amide bonds. The third-order valence-corrected chi connectivity index (χ3v) is 5.13. The summed E-state index contributed by atoms with van der Waals surface area (Å²) in [5.74, 6) is 1.95. The fourth-order valence-corrected chi connectivity index (χ4v) is 3.43. The molecular formula is C27H21N3O6. The monoisotopic (exact) mass is 483 g/mol. The molecule has 3 aromatic carbocycles. The highest BCUT2D eigenvalue weighted by Crippen LogP contribution is 2.34. The van der Waals surface area contributed by atoms with Gasteiger partial charge in [-0.15, -0.1) is 0 Å². The zero-order chi connectivity index (χ0) is 24.7. The molecule has 180 valence electrons. The van der Waals surface area contributed by atoms with Gasteiger partial charge in [-0.2, -0.15) is 0 Å². The van der Waals surface area contributed by atoms with Crippen LogP contribution in [-0.2, 0) is 4.79 Å². The first kappa shape index (κ1) is 22.7. The molecule has 0 fully saturated rings. The van der Waals surface area contributed by atoms with Gasteiger partial charge in [0, 0.05) is 24.0 Å². The summed E-state index contributed by atoms with van der Waals surface area (Å²) < 4.78 is 21.8. The lowest BCUT2D eigenvalue weighted by Crippen LogP contribution is -2.22. The average Bonchev–Trinajstić information content (AvgIpc) is 3.37. The number of nitrogens with zero attached hydrogens (tertiary/aromatic N) is 1. The number of para-hydroxylation sites is 1. The van der Waals surface area contributed by atoms with Crippen LogP contribution in [0.4, 0.5) is 11.4 Å². The van der Waals surface area contributed by atoms with E-state index in [0.717, 1.165) is 0 Å². The minimum Gasteiger partial charge on any atom is -0.484 e. The molecule has 1 aromatic heterocycles. The summed E-state index contributed by atoms with van der Waals surface area (Å²) in [6.07, 6.45) is 1.64. The van der Waals surface area contributed by atoms with Crippen LogP contribution in [-0.4, -0.2) is 30.2 Å². The Balaban J connectivity index is 1.17. The lowest BCUT2D eigenvalue weighted by molar-refractivity contribution is -0.118. The van der Waals surface area contributed by atoms with E-state index >= 15 is 0 Å². The van der Waals surface area contributed by atoms with Gasteiger partial charge in [0.2, 0.25) is 12.7 Å². The minimum atomic E-state index is -0.410. The number of aromatic nitrogens is 1. The Bertz CT molecular complexity index is 1380. The third kappa shape index (κ3) is 5.53. The van der Waals surface area contributed by atoms with Gasteiger partial charge in [0.1, 0.15) is 11.5 Å². The van der Waals surface area contributed by atoms with E-state index in [4.69, 9.17) is 18.9 Å². The largest absolute Gasteiger partial charge is 0.484 e. The van der Waals surface area contributed by atoms with Gasteiger partial charge in [0.05, 0.1) is 11.3 Å². The number of fused-ring (bicyclic) bond motifs is 1. The van der Waals surface area contributed by atoms with Crippen molar-refractivity contribution in [2.24, 2.45) is 0 Å². The van der Waals surface area contributed by atoms with E-state index in [2.05, 4.69) is 15.6 Å². The second kappa shape index (κ2) is 10.5. The van der Waals surface area contributed by atoms with E-state index in [0.29, 0.717) is 45.8 Å². The van der Waals surface area contributed by atoms with Gasteiger partial charge < -0.3 is 29.6 Å². The maximum atomic E-state index is 12.9. The Hall–Kier alpha value is -5.05. The molecule has 4 aromatic rings. The van der Waals surface area contributed by atoms with Gasteiger partial charge in [-0.3, -0.25) is 9.59 Å². The molecule has 36 heavy (non-hydrogen) atoms. The standard InChI is InChI=1S/C27H21N3O6/c31-25(16-33-19-9-11-20(12-10-19)36-26-7-3-4-14-28-26)30-22-6-2-1-5-21(22)27(32)29-18-8-13-23-24(15-18)35-17-34-23/h1-15H,16-17H2,(H,29,32)(H,30,31). The molecule has 0 saturated heterocycles. The Kier molecular flexibility index (Phi) is 6.61. The summed E-state index contributed by atoms with van der Waals surface area (Å²) in [5.41, 5.74) is 1.21. The third-order valence-electron chi connectivity index (χ3n) is 5.13. The van der Waals surface area contributed by atoms with Crippen molar-refractivity contribution >= 4 is 23.2 Å². The van der Waals surface area contributed by atoms with Gasteiger partial charge in [-0.25, -0.2) is 4.98 Å². The van der Waals surface area contributed by atoms with Crippen LogP contribution in [0.5, 0.6) is 28.9 Å². The van der Waals surface area contributed by atoms with Crippen LogP contribution in [0.2, 0.25) is 0 Å². The summed E-state index contributed by atoms with van der Waals surface area (Å²) in [4.78, 5) is 29.5. The molecule has 0 bridgehead atoms. The smallest absolute Gasteiger partial charge is 0.262 e. The van der Waals surface area contributed by atoms with E-state index in [9.17, 15) is 9.59 Å². The molecule has 0 spiro atoms. The molecule has 0 atom stereocenters. The van der Waals surface area contributed by atoms with E-state index < -0.39 is 5.91 Å². The number of amides is 2. The Morgan fingerprint density at radius 2 is 1.61 bits per heavy atom. The predicted molar refractivity (Wildman–Crippen MR) is 132 cm³/mol. The van der Waals surface area contributed by atoms with Crippen molar-refractivity contribution < 1.29 is 28.5 Å². The number of benzene rings is 3. The molecule has 1 aliphatic heterocycles. The SMILES string of the molecule is O=C(COc1ccc(Oc2ccccn2)cc1)Nc1ccccc1C(=O)Nc1ccc2c(c1)OCO2. The Morgan fingerprint density at radius 3 is 2.44 bits per heavy atom. The first-order valence-electron chi connectivity index (χ1n) is 11.1. The van der Waals surface area contributed by atoms with Crippen LogP contribution < -0.4 is 29.6 Å². The number of pyridine rings is 1. The first-order chi connectivity index (χ1) is 17.6. The topological polar surface area (TPSA) is 108 Å². The van der Waals surface area contributed by atoms with Crippen LogP contribution in [0.3, 0.4) is 0 Å². The van der Waals surface area contributed by atoms with Crippen molar-refractivity contribution in [1.82, 2.24) is 4.98 Å². The predicted octanol–water partition coefficient (Wildman–Crippen LogP) is 4.87. The highest BCUT2D eigenvalue weighted by molar-refractivity contribution is 6.10. The normalized spacial score (nSPS) is 11.4. The van der Waals surface area contributed by atoms with Crippen molar-refractivity contribution in [3.05, 3.63) is 96.7 Å². The highest BCUT2D eigenvalue weighted by atomic mass is 16.7. The molecular weight excluding hydrogens is 462 g/mol. The zero-order valence-electron chi connectivity index (χ0n) is 19.0. The number of ether oxygens (including phenoxy) is 4. The van der Waals surface area contributed by atoms with Gasteiger partial charge in [-0.05, 0) is 54.6 Å². The average molecular weight is 483 g/mol. The number of anilines is 2. The summed E-state index contributed by atoms with van der Waals surface area (Å²) in [5, 5.41) is 5.54. The molecule has 2 heterocycles. The van der Waals surface area contributed by atoms with E-state index in [-0.39, 0.29) is 19.3 Å². The molecule has 0 unspecified atom stereocenters. The molecule has 9 nitrogen and oxygen atoms in total. The van der Waals surface area contributed by atoms with E-state index in [1.807, 2.05) is 6.07 Å². The highest BCUT2D eigenvalue weighted by Gasteiger charge is 2.17. The Labute approximate surface area is 206 Å². The number of rotatable bonds is 8. The van der Waals surface area contributed by atoms with Crippen LogP contribution in [0.25, 0.3) is 0 Å². The van der Waals surface area contributed by atoms with Crippen LogP contribution in [0.1, 0.15) is 10.4 Å². The molecule has 9 heteroatoms. The quantitative estimate of drug-likeness (QED) is 0.368. The Morgan fingerprint density at radius 1 is 0.833 bits per heavy atom. The molecule has 0 radical (unpaired) electrons. The van der Waals surface area contributed by atoms with Crippen molar-refractivity contribution in [3.63, 3.8) is 0 Å². The van der Waals surface area contributed by atoms with Crippen molar-refractivity contribution in [2.75, 3.05) is 24.0 Å². The summed E-state index contributed by atoms with van der Waals surface area (Å²) in [7, 11) is 0. The van der Waals surface area contributed by atoms with Crippen LogP contribution in [0, 0.1) is 0 Å². The molecule has 2 N–H and O–H groups in total. The summed E-state index contributed by atoms with van der Waals surface area (Å²) >= 11 is 0. The van der Waals surface area contributed by atoms with Gasteiger partial charge in [0.25, 0.3) is 11.8 Å². The summed E-state index contributed by atoms with van der Waals surface area (Å²) in [6, 6.07) is 24.1. The van der Waals surface area contributed by atoms with Crippen molar-refractivity contribution in [3.8, 4) is 28.9 Å². The number of carbonyl (C=O) groups excluding carboxylic acids is 2. The van der Waals surface area contributed by atoms with Crippen molar-refractivity contribution in [1.29, 1.82) is 0 Å². The fraction of sp³-hybridized carbons (Fsp3) is 0.0741. The van der Waals surface area contributed by atoms with Crippen molar-refractivity contribution in [2.45, 2.75) is 0 Å². The first-order valence-corrected chi connectivity index (χ1v) is 11.1. The van der Waals surface area contributed by atoms with E-state index in [1.54, 1.807) is 85.1 Å². The molecule has 0 aliphatic carbocycles. The molecule has 1 aliphatic rings. The second-order valence-electron chi connectivity index (χ2n) is 7.65. The van der Waals surface area contributed by atoms with E-state index in [1.165, 1.54) is 0 Å². The lowest BCUT2D eigenvalue weighted by Gasteiger charge is -2.12. The fourth-order valence-electron chi connectivity index (χ4n) is 3.43. The minimum absolute atomic E-state index is 0.146. The lowest BCUT2D eigenvalue weighted by atomic mass is 10.1. The maximum absolute atomic E-state index is 12.9. The summed E-state index contributed by atoms with van der Waals surface area (Å²) in [6.45, 7) is -0.0919.